The van der Waals surface area contributed by atoms with Gasteiger partial charge in [0.25, 0.3) is 0 Å². The summed E-state index contributed by atoms with van der Waals surface area (Å²) in [5.74, 6) is -0.537. The van der Waals surface area contributed by atoms with Gasteiger partial charge in [0.15, 0.2) is 5.17 Å². The van der Waals surface area contributed by atoms with Gasteiger partial charge in [-0.1, -0.05) is 65.3 Å². The minimum absolute atomic E-state index is 0.139. The monoisotopic (exact) mass is 259 g/mol. The third-order valence-corrected chi connectivity index (χ3v) is 2.52. The van der Waals surface area contributed by atoms with Crippen molar-refractivity contribution in [3.8, 4) is 0 Å². The van der Waals surface area contributed by atoms with Crippen molar-refractivity contribution < 1.29 is 9.63 Å². The average molecular weight is 260 g/mol. The quantitative estimate of drug-likeness (QED) is 0.481. The van der Waals surface area contributed by atoms with E-state index in [1.165, 1.54) is 0 Å². The Morgan fingerprint density at radius 1 is 0.889 bits per heavy atom. The molecule has 3 nitrogen and oxygen atoms in total. The molecule has 0 bridgehead atoms. The molecule has 0 spiro atoms. The minimum atomic E-state index is -0.537. The highest BCUT2D eigenvalue weighted by Crippen LogP contribution is 2.07. The lowest BCUT2D eigenvalue weighted by Gasteiger charge is -1.99. The van der Waals surface area contributed by atoms with Crippen molar-refractivity contribution in [2.75, 3.05) is 0 Å². The number of nitrogens with zero attached hydrogens (tertiary/aromatic N) is 1. The van der Waals surface area contributed by atoms with Gasteiger partial charge in [0.2, 0.25) is 0 Å². The molecule has 18 heavy (non-hydrogen) atoms. The van der Waals surface area contributed by atoms with Crippen molar-refractivity contribution >= 4 is 22.7 Å². The fraction of sp³-hybridized carbons (Fsp3) is 0. The normalized spacial score (nSPS) is 11.1. The lowest BCUT2D eigenvalue weighted by atomic mass is 10.2. The molecule has 0 radical (unpaired) electrons. The van der Waals surface area contributed by atoms with E-state index in [9.17, 15) is 4.79 Å². The average Bonchev–Trinajstić information content (AvgIpc) is 2.46. The first kappa shape index (κ1) is 12.3. The molecule has 2 aromatic rings. The van der Waals surface area contributed by atoms with E-state index in [0.717, 1.165) is 0 Å². The van der Waals surface area contributed by atoms with Crippen LogP contribution in [0.5, 0.6) is 0 Å². The third-order valence-electron chi connectivity index (χ3n) is 2.23. The maximum Gasteiger partial charge on any atom is 0.365 e. The van der Waals surface area contributed by atoms with Crippen LogP contribution in [0.25, 0.3) is 0 Å². The van der Waals surface area contributed by atoms with Crippen molar-refractivity contribution in [2.45, 2.75) is 0 Å². The number of oxime groups is 1. The van der Waals surface area contributed by atoms with Gasteiger partial charge in [0.05, 0.1) is 5.56 Å². The van der Waals surface area contributed by atoms with Crippen LogP contribution < -0.4 is 0 Å². The fourth-order valence-corrected chi connectivity index (χ4v) is 1.50. The first-order valence-electron chi connectivity index (χ1n) is 5.32. The van der Waals surface area contributed by atoms with Gasteiger partial charge in [-0.2, -0.15) is 0 Å². The summed E-state index contributed by atoms with van der Waals surface area (Å²) in [6.07, 6.45) is 0. The number of hydrogen-bond donors (Lipinski definition) is 0. The van der Waals surface area contributed by atoms with E-state index in [0.29, 0.717) is 11.1 Å². The molecule has 0 aromatic heterocycles. The maximum absolute atomic E-state index is 11.6. The van der Waals surface area contributed by atoms with Gasteiger partial charge in [-0.3, -0.25) is 0 Å². The molecule has 0 aliphatic carbocycles. The highest BCUT2D eigenvalue weighted by Gasteiger charge is 2.07. The van der Waals surface area contributed by atoms with E-state index in [1.54, 1.807) is 36.4 Å². The van der Waals surface area contributed by atoms with Crippen LogP contribution in [0.1, 0.15) is 15.9 Å². The van der Waals surface area contributed by atoms with E-state index < -0.39 is 5.97 Å². The van der Waals surface area contributed by atoms with E-state index in [2.05, 4.69) is 5.16 Å². The number of carbonyl (C=O) groups is 1. The molecule has 2 rings (SSSR count). The van der Waals surface area contributed by atoms with Crippen LogP contribution >= 0.6 is 11.6 Å². The van der Waals surface area contributed by atoms with Crippen LogP contribution in [0.3, 0.4) is 0 Å². The Labute approximate surface area is 110 Å². The second-order valence-corrected chi connectivity index (χ2v) is 3.85. The Balaban J connectivity index is 2.05. The van der Waals surface area contributed by atoms with Gasteiger partial charge in [0, 0.05) is 5.56 Å². The van der Waals surface area contributed by atoms with E-state index in [4.69, 9.17) is 16.4 Å². The van der Waals surface area contributed by atoms with Crippen molar-refractivity contribution in [1.29, 1.82) is 0 Å². The molecule has 0 aliphatic heterocycles. The Morgan fingerprint density at radius 2 is 1.39 bits per heavy atom. The molecule has 0 N–H and O–H groups in total. The van der Waals surface area contributed by atoms with Gasteiger partial charge < -0.3 is 4.84 Å². The molecule has 2 aromatic carbocycles. The molecule has 0 fully saturated rings. The predicted octanol–water partition coefficient (Wildman–Crippen LogP) is 3.44. The van der Waals surface area contributed by atoms with Crippen LogP contribution in [0.4, 0.5) is 0 Å². The summed E-state index contributed by atoms with van der Waals surface area (Å²) in [6, 6.07) is 17.7. The number of carbonyl (C=O) groups excluding carboxylic acids is 1. The first-order chi connectivity index (χ1) is 8.77. The van der Waals surface area contributed by atoms with Gasteiger partial charge in [0.1, 0.15) is 0 Å². The van der Waals surface area contributed by atoms with E-state index >= 15 is 0 Å². The molecular weight excluding hydrogens is 250 g/mol. The zero-order valence-electron chi connectivity index (χ0n) is 9.42. The molecule has 4 heteroatoms. The molecule has 0 unspecified atom stereocenters. The minimum Gasteiger partial charge on any atom is -0.311 e. The Kier molecular flexibility index (Phi) is 4.10. The summed E-state index contributed by atoms with van der Waals surface area (Å²) in [7, 11) is 0. The summed E-state index contributed by atoms with van der Waals surface area (Å²) in [6.45, 7) is 0. The van der Waals surface area contributed by atoms with Crippen LogP contribution in [0.2, 0.25) is 0 Å². The topological polar surface area (TPSA) is 38.7 Å². The maximum atomic E-state index is 11.6. The molecule has 0 saturated carbocycles. The number of benzene rings is 2. The standard InChI is InChI=1S/C14H10ClNO2/c15-13(11-7-3-1-4-8-11)16-18-14(17)12-9-5-2-6-10-12/h1-10H. The Hall–Kier alpha value is -2.13. The van der Waals surface area contributed by atoms with Crippen LogP contribution in [-0.2, 0) is 4.84 Å². The number of rotatable bonds is 3. The SMILES string of the molecule is O=C(ON=C(Cl)c1ccccc1)c1ccccc1. The van der Waals surface area contributed by atoms with E-state index in [1.807, 2.05) is 24.3 Å². The number of hydrogen-bond acceptors (Lipinski definition) is 3. The highest BCUT2D eigenvalue weighted by molar-refractivity contribution is 6.69. The van der Waals surface area contributed by atoms with Gasteiger partial charge in [-0.15, -0.1) is 0 Å². The molecule has 0 amide bonds. The Bertz CT molecular complexity index is 553. The van der Waals surface area contributed by atoms with E-state index in [-0.39, 0.29) is 5.17 Å². The summed E-state index contributed by atoms with van der Waals surface area (Å²) in [5, 5.41) is 3.74. The summed E-state index contributed by atoms with van der Waals surface area (Å²) >= 11 is 5.91. The van der Waals surface area contributed by atoms with Gasteiger partial charge >= 0.3 is 5.97 Å². The second-order valence-electron chi connectivity index (χ2n) is 3.49. The van der Waals surface area contributed by atoms with Gasteiger partial charge in [-0.25, -0.2) is 4.79 Å². The molecule has 0 saturated heterocycles. The molecular formula is C14H10ClNO2. The van der Waals surface area contributed by atoms with Crippen molar-refractivity contribution in [3.63, 3.8) is 0 Å². The van der Waals surface area contributed by atoms with Crippen molar-refractivity contribution in [1.82, 2.24) is 0 Å². The van der Waals surface area contributed by atoms with Crippen molar-refractivity contribution in [3.05, 3.63) is 71.8 Å². The van der Waals surface area contributed by atoms with Crippen molar-refractivity contribution in [2.24, 2.45) is 5.16 Å². The molecule has 0 aliphatic rings. The fourth-order valence-electron chi connectivity index (χ4n) is 1.34. The van der Waals surface area contributed by atoms with Crippen LogP contribution in [0.15, 0.2) is 65.8 Å². The Morgan fingerprint density at radius 3 is 1.94 bits per heavy atom. The summed E-state index contributed by atoms with van der Waals surface area (Å²) in [4.78, 5) is 16.4. The largest absolute Gasteiger partial charge is 0.365 e. The lowest BCUT2D eigenvalue weighted by molar-refractivity contribution is 0.0518. The smallest absolute Gasteiger partial charge is 0.311 e. The first-order valence-corrected chi connectivity index (χ1v) is 5.70. The summed E-state index contributed by atoms with van der Waals surface area (Å²) < 4.78 is 0. The molecule has 90 valence electrons. The lowest BCUT2D eigenvalue weighted by Crippen LogP contribution is -2.02. The number of halogens is 1. The molecule has 0 heterocycles. The van der Waals surface area contributed by atoms with Crippen LogP contribution in [0, 0.1) is 0 Å². The zero-order valence-corrected chi connectivity index (χ0v) is 10.2. The zero-order chi connectivity index (χ0) is 12.8. The second kappa shape index (κ2) is 5.98. The van der Waals surface area contributed by atoms with Crippen LogP contribution in [-0.4, -0.2) is 11.1 Å². The summed E-state index contributed by atoms with van der Waals surface area (Å²) in [5.41, 5.74) is 1.12. The highest BCUT2D eigenvalue weighted by atomic mass is 35.5. The third kappa shape index (κ3) is 3.18. The predicted molar refractivity (Wildman–Crippen MR) is 70.7 cm³/mol. The molecule has 0 atom stereocenters. The van der Waals surface area contributed by atoms with Gasteiger partial charge in [-0.05, 0) is 12.1 Å².